The summed E-state index contributed by atoms with van der Waals surface area (Å²) in [7, 11) is 0. The first-order chi connectivity index (χ1) is 8.47. The topological polar surface area (TPSA) is 24.4 Å². The average Bonchev–Trinajstić information content (AvgIpc) is 2.28. The molecule has 0 radical (unpaired) electrons. The van der Waals surface area contributed by atoms with Crippen molar-refractivity contribution in [1.29, 1.82) is 0 Å². The van der Waals surface area contributed by atoms with E-state index in [2.05, 4.69) is 17.2 Å². The molecular formula is C12H13ClF2N2S. The SMILES string of the molecule is CC1CSC(Nc2c(F)cc(F)cc2Cl)=NC1C. The van der Waals surface area contributed by atoms with Gasteiger partial charge in [-0.05, 0) is 18.9 Å². The molecule has 2 rings (SSSR count). The Hall–Kier alpha value is -0.810. The smallest absolute Gasteiger partial charge is 0.161 e. The Morgan fingerprint density at radius 2 is 2.11 bits per heavy atom. The Morgan fingerprint density at radius 1 is 1.39 bits per heavy atom. The molecule has 0 saturated carbocycles. The average molecular weight is 291 g/mol. The maximum atomic E-state index is 13.6. The molecule has 0 spiro atoms. The Morgan fingerprint density at radius 3 is 2.72 bits per heavy atom. The number of benzene rings is 1. The Kier molecular flexibility index (Phi) is 4.12. The van der Waals surface area contributed by atoms with Crippen molar-refractivity contribution in [1.82, 2.24) is 0 Å². The van der Waals surface area contributed by atoms with E-state index in [0.717, 1.165) is 17.9 Å². The number of aliphatic imine (C=N–C) groups is 1. The van der Waals surface area contributed by atoms with Crippen molar-refractivity contribution >= 4 is 34.2 Å². The number of hydrogen-bond donors (Lipinski definition) is 1. The number of nitrogens with one attached hydrogen (secondary N) is 1. The third-order valence-corrected chi connectivity index (χ3v) is 4.34. The minimum absolute atomic E-state index is 0.0158. The van der Waals surface area contributed by atoms with Gasteiger partial charge in [0.25, 0.3) is 0 Å². The van der Waals surface area contributed by atoms with Crippen LogP contribution < -0.4 is 5.32 Å². The zero-order valence-electron chi connectivity index (χ0n) is 10.0. The van der Waals surface area contributed by atoms with Crippen LogP contribution in [0, 0.1) is 17.6 Å². The highest BCUT2D eigenvalue weighted by Crippen LogP contribution is 2.29. The van der Waals surface area contributed by atoms with Crippen LogP contribution in [0.4, 0.5) is 14.5 Å². The van der Waals surface area contributed by atoms with E-state index in [4.69, 9.17) is 11.6 Å². The molecule has 6 heteroatoms. The summed E-state index contributed by atoms with van der Waals surface area (Å²) < 4.78 is 26.5. The molecule has 0 saturated heterocycles. The van der Waals surface area contributed by atoms with Crippen LogP contribution in [0.5, 0.6) is 0 Å². The van der Waals surface area contributed by atoms with Crippen molar-refractivity contribution in [2.45, 2.75) is 19.9 Å². The first-order valence-electron chi connectivity index (χ1n) is 5.59. The second-order valence-electron chi connectivity index (χ2n) is 4.33. The van der Waals surface area contributed by atoms with E-state index in [-0.39, 0.29) is 16.8 Å². The van der Waals surface area contributed by atoms with Crippen molar-refractivity contribution in [3.8, 4) is 0 Å². The van der Waals surface area contributed by atoms with Crippen LogP contribution in [0.25, 0.3) is 0 Å². The molecule has 2 atom stereocenters. The Bertz CT molecular complexity index is 470. The summed E-state index contributed by atoms with van der Waals surface area (Å²) in [6, 6.07) is 2.05. The predicted octanol–water partition coefficient (Wildman–Crippen LogP) is 4.16. The number of amidine groups is 1. The molecule has 1 N–H and O–H groups in total. The zero-order valence-corrected chi connectivity index (χ0v) is 11.6. The van der Waals surface area contributed by atoms with E-state index < -0.39 is 11.6 Å². The summed E-state index contributed by atoms with van der Waals surface area (Å²) in [5, 5.41) is 3.47. The first kappa shape index (κ1) is 13.6. The molecule has 0 aliphatic carbocycles. The molecule has 0 bridgehead atoms. The summed E-state index contributed by atoms with van der Waals surface area (Å²) in [5.74, 6) is -0.0140. The number of anilines is 1. The Balaban J connectivity index is 2.23. The summed E-state index contributed by atoms with van der Waals surface area (Å²) in [4.78, 5) is 4.41. The van der Waals surface area contributed by atoms with Crippen LogP contribution in [-0.4, -0.2) is 17.0 Å². The molecule has 0 fully saturated rings. The number of rotatable bonds is 1. The van der Waals surface area contributed by atoms with Crippen LogP contribution in [0.15, 0.2) is 17.1 Å². The van der Waals surface area contributed by atoms with Crippen molar-refractivity contribution in [2.75, 3.05) is 11.1 Å². The van der Waals surface area contributed by atoms with Gasteiger partial charge >= 0.3 is 0 Å². The van der Waals surface area contributed by atoms with E-state index in [1.165, 1.54) is 11.8 Å². The monoisotopic (exact) mass is 290 g/mol. The quantitative estimate of drug-likeness (QED) is 0.840. The van der Waals surface area contributed by atoms with E-state index >= 15 is 0 Å². The van der Waals surface area contributed by atoms with Gasteiger partial charge in [-0.15, -0.1) is 0 Å². The highest BCUT2D eigenvalue weighted by molar-refractivity contribution is 8.14. The first-order valence-corrected chi connectivity index (χ1v) is 6.96. The highest BCUT2D eigenvalue weighted by atomic mass is 35.5. The zero-order chi connectivity index (χ0) is 13.3. The lowest BCUT2D eigenvalue weighted by Gasteiger charge is -2.24. The fourth-order valence-corrected chi connectivity index (χ4v) is 2.89. The van der Waals surface area contributed by atoms with Crippen LogP contribution in [0.1, 0.15) is 13.8 Å². The molecule has 2 nitrogen and oxygen atoms in total. The molecular weight excluding hydrogens is 278 g/mol. The lowest BCUT2D eigenvalue weighted by atomic mass is 10.1. The third kappa shape index (κ3) is 2.95. The maximum absolute atomic E-state index is 13.6. The predicted molar refractivity (Wildman–Crippen MR) is 73.5 cm³/mol. The van der Waals surface area contributed by atoms with Gasteiger partial charge in [-0.1, -0.05) is 30.3 Å². The maximum Gasteiger partial charge on any atom is 0.161 e. The van der Waals surface area contributed by atoms with E-state index in [1.54, 1.807) is 0 Å². The summed E-state index contributed by atoms with van der Waals surface area (Å²) >= 11 is 7.32. The van der Waals surface area contributed by atoms with Gasteiger partial charge < -0.3 is 5.32 Å². The summed E-state index contributed by atoms with van der Waals surface area (Å²) in [6.07, 6.45) is 0. The second kappa shape index (κ2) is 5.45. The molecule has 0 amide bonds. The minimum atomic E-state index is -0.713. The molecule has 1 aromatic rings. The van der Waals surface area contributed by atoms with Gasteiger partial charge in [-0.2, -0.15) is 0 Å². The standard InChI is InChI=1S/C12H13ClF2N2S/c1-6-5-18-12(16-7(6)2)17-11-9(13)3-8(14)4-10(11)15/h3-4,6-7H,5H2,1-2H3,(H,16,17). The van der Waals surface area contributed by atoms with Crippen molar-refractivity contribution < 1.29 is 8.78 Å². The van der Waals surface area contributed by atoms with Crippen molar-refractivity contribution in [3.63, 3.8) is 0 Å². The Labute approximate surface area is 114 Å². The largest absolute Gasteiger partial charge is 0.331 e. The van der Waals surface area contributed by atoms with Gasteiger partial charge in [0.2, 0.25) is 0 Å². The summed E-state index contributed by atoms with van der Waals surface area (Å²) in [5.41, 5.74) is 0.0751. The van der Waals surface area contributed by atoms with Crippen LogP contribution in [-0.2, 0) is 0 Å². The molecule has 1 aromatic carbocycles. The van der Waals surface area contributed by atoms with Gasteiger partial charge in [0.1, 0.15) is 5.82 Å². The number of thioether (sulfide) groups is 1. The molecule has 18 heavy (non-hydrogen) atoms. The number of halogens is 3. The summed E-state index contributed by atoms with van der Waals surface area (Å²) in [6.45, 7) is 4.12. The van der Waals surface area contributed by atoms with Gasteiger partial charge in [-0.3, -0.25) is 4.99 Å². The van der Waals surface area contributed by atoms with Gasteiger partial charge in [0.15, 0.2) is 11.0 Å². The van der Waals surface area contributed by atoms with Gasteiger partial charge in [-0.25, -0.2) is 8.78 Å². The molecule has 1 heterocycles. The van der Waals surface area contributed by atoms with Gasteiger partial charge in [0, 0.05) is 11.8 Å². The highest BCUT2D eigenvalue weighted by Gasteiger charge is 2.20. The second-order valence-corrected chi connectivity index (χ2v) is 5.75. The third-order valence-electron chi connectivity index (χ3n) is 2.87. The van der Waals surface area contributed by atoms with Crippen molar-refractivity contribution in [3.05, 3.63) is 28.8 Å². The van der Waals surface area contributed by atoms with E-state index in [9.17, 15) is 8.78 Å². The molecule has 0 aromatic heterocycles. The fourth-order valence-electron chi connectivity index (χ4n) is 1.54. The molecule has 98 valence electrons. The normalized spacial score (nSPS) is 23.7. The minimum Gasteiger partial charge on any atom is -0.331 e. The fraction of sp³-hybridized carbons (Fsp3) is 0.417. The molecule has 2 unspecified atom stereocenters. The van der Waals surface area contributed by atoms with Crippen LogP contribution in [0.3, 0.4) is 0 Å². The number of nitrogens with zero attached hydrogens (tertiary/aromatic N) is 1. The number of hydrogen-bond acceptors (Lipinski definition) is 3. The molecule has 1 aliphatic heterocycles. The van der Waals surface area contributed by atoms with E-state index in [0.29, 0.717) is 11.1 Å². The lowest BCUT2D eigenvalue weighted by Crippen LogP contribution is -2.25. The molecule has 1 aliphatic rings. The van der Waals surface area contributed by atoms with E-state index in [1.807, 2.05) is 6.92 Å². The lowest BCUT2D eigenvalue weighted by molar-refractivity contribution is 0.537. The van der Waals surface area contributed by atoms with Crippen molar-refractivity contribution in [2.24, 2.45) is 10.9 Å². The van der Waals surface area contributed by atoms with Crippen LogP contribution >= 0.6 is 23.4 Å². The van der Waals surface area contributed by atoms with Gasteiger partial charge in [0.05, 0.1) is 16.8 Å². The van der Waals surface area contributed by atoms with Crippen LogP contribution in [0.2, 0.25) is 5.02 Å².